The Balaban J connectivity index is 1.21. The van der Waals surface area contributed by atoms with E-state index < -0.39 is 17.5 Å². The molecule has 0 radical (unpaired) electrons. The van der Waals surface area contributed by atoms with Gasteiger partial charge in [0.1, 0.15) is 22.8 Å². The second kappa shape index (κ2) is 10.9. The molecule has 2 atom stereocenters. The molecule has 2 aromatic heterocycles. The van der Waals surface area contributed by atoms with Gasteiger partial charge in [0, 0.05) is 78.9 Å². The van der Waals surface area contributed by atoms with Crippen LogP contribution >= 0.6 is 11.8 Å². The number of fused-ring (bicyclic) bond motifs is 4. The van der Waals surface area contributed by atoms with Crippen LogP contribution in [0.2, 0.25) is 0 Å². The summed E-state index contributed by atoms with van der Waals surface area (Å²) in [7, 11) is 0. The quantitative estimate of drug-likeness (QED) is 0.292. The van der Waals surface area contributed by atoms with Gasteiger partial charge in [0.15, 0.2) is 17.5 Å². The first-order valence-corrected chi connectivity index (χ1v) is 16.4. The molecule has 2 aromatic carbocycles. The Kier molecular flexibility index (Phi) is 6.98. The van der Waals surface area contributed by atoms with E-state index in [2.05, 4.69) is 25.1 Å². The minimum Gasteiger partial charge on any atom is -0.508 e. The molecule has 8 rings (SSSR count). The number of nitrogens with zero attached hydrogens (tertiary/aromatic N) is 5. The highest BCUT2D eigenvalue weighted by Gasteiger charge is 2.45. The Hall–Kier alpha value is -3.35. The first-order chi connectivity index (χ1) is 21.4. The number of anilines is 1. The van der Waals surface area contributed by atoms with E-state index in [1.807, 2.05) is 11.8 Å². The van der Waals surface area contributed by atoms with Gasteiger partial charge in [-0.15, -0.1) is 0 Å². The van der Waals surface area contributed by atoms with Gasteiger partial charge in [-0.3, -0.25) is 4.98 Å². The number of rotatable bonds is 7. The number of phenols is 1. The van der Waals surface area contributed by atoms with E-state index in [0.29, 0.717) is 43.0 Å². The van der Waals surface area contributed by atoms with Crippen molar-refractivity contribution in [3.63, 3.8) is 0 Å². The average Bonchev–Trinajstić information content (AvgIpc) is 3.71. The molecule has 0 spiro atoms. The Morgan fingerprint density at radius 1 is 1.02 bits per heavy atom. The van der Waals surface area contributed by atoms with Crippen molar-refractivity contribution in [1.82, 2.24) is 25.2 Å². The lowest BCUT2D eigenvalue weighted by Gasteiger charge is -2.34. The van der Waals surface area contributed by atoms with Crippen LogP contribution in [0.3, 0.4) is 0 Å². The number of aromatic hydroxyl groups is 1. The number of benzene rings is 2. The van der Waals surface area contributed by atoms with E-state index in [9.17, 15) is 9.50 Å². The minimum absolute atomic E-state index is 0.00733. The Morgan fingerprint density at radius 3 is 2.55 bits per heavy atom. The summed E-state index contributed by atoms with van der Waals surface area (Å²) in [4.78, 5) is 18.4. The van der Waals surface area contributed by atoms with E-state index in [1.54, 1.807) is 0 Å². The van der Waals surface area contributed by atoms with Crippen LogP contribution < -0.4 is 15.0 Å². The van der Waals surface area contributed by atoms with Gasteiger partial charge in [-0.1, -0.05) is 6.07 Å². The van der Waals surface area contributed by atoms with Crippen molar-refractivity contribution >= 4 is 39.3 Å². The number of piperazine rings is 1. The monoisotopic (exact) mass is 622 g/mol. The fourth-order valence-electron chi connectivity index (χ4n) is 7.03. The van der Waals surface area contributed by atoms with Gasteiger partial charge in [0.05, 0.1) is 12.0 Å². The van der Waals surface area contributed by atoms with Gasteiger partial charge in [0.2, 0.25) is 0 Å². The van der Waals surface area contributed by atoms with Gasteiger partial charge >= 0.3 is 6.01 Å². The second-order valence-electron chi connectivity index (χ2n) is 12.7. The Bertz CT molecular complexity index is 1750. The molecular formula is C32H33F3N6O2S. The van der Waals surface area contributed by atoms with Crippen molar-refractivity contribution in [2.45, 2.75) is 37.8 Å². The van der Waals surface area contributed by atoms with Crippen LogP contribution in [0, 0.1) is 22.9 Å². The molecule has 12 heteroatoms. The topological polar surface area (TPSA) is 86.6 Å². The summed E-state index contributed by atoms with van der Waals surface area (Å²) in [5.41, 5.74) is -0.262. The maximum atomic E-state index is 16.6. The lowest BCUT2D eigenvalue weighted by Crippen LogP contribution is -2.51. The zero-order chi connectivity index (χ0) is 30.0. The summed E-state index contributed by atoms with van der Waals surface area (Å²) < 4.78 is 52.3. The standard InChI is InChI=1S/C32H33F3N6O2S/c33-24-4-1-18-11-21(42)12-22(25(18)26(24)34)28-27(35)29-23(13-36-28)30(41-14-19-2-3-20(15-41)37-19)39-31(38-29)43-17-32(5-6-32)16-40-7-9-44-10-8-40/h1,4,11-13,19-20,37,42H,2-3,5-10,14-17H2/t19-,20+. The maximum Gasteiger partial charge on any atom is 0.319 e. The number of hydrogen-bond donors (Lipinski definition) is 2. The third kappa shape index (κ3) is 5.10. The normalized spacial score (nSPS) is 23.0. The minimum atomic E-state index is -1.13. The fraction of sp³-hybridized carbons (Fsp3) is 0.469. The highest BCUT2D eigenvalue weighted by Crippen LogP contribution is 2.47. The third-order valence-electron chi connectivity index (χ3n) is 9.53. The van der Waals surface area contributed by atoms with Gasteiger partial charge < -0.3 is 25.0 Å². The number of phenolic OH excluding ortho intramolecular Hbond substituents is 1. The van der Waals surface area contributed by atoms with Crippen LogP contribution in [0.15, 0.2) is 30.5 Å². The van der Waals surface area contributed by atoms with Crippen LogP contribution in [-0.4, -0.2) is 87.9 Å². The molecule has 4 aliphatic rings. The number of halogens is 3. The summed E-state index contributed by atoms with van der Waals surface area (Å²) in [5, 5.41) is 14.5. The molecule has 8 nitrogen and oxygen atoms in total. The zero-order valence-corrected chi connectivity index (χ0v) is 25.0. The van der Waals surface area contributed by atoms with E-state index in [1.165, 1.54) is 24.4 Å². The molecule has 2 bridgehead atoms. The van der Waals surface area contributed by atoms with Crippen molar-refractivity contribution < 1.29 is 23.0 Å². The van der Waals surface area contributed by atoms with Crippen molar-refractivity contribution in [2.24, 2.45) is 5.41 Å². The summed E-state index contributed by atoms with van der Waals surface area (Å²) in [5.74, 6) is -0.399. The predicted molar refractivity (Wildman–Crippen MR) is 165 cm³/mol. The molecule has 230 valence electrons. The molecule has 0 amide bonds. The lowest BCUT2D eigenvalue weighted by atomic mass is 9.99. The lowest BCUT2D eigenvalue weighted by molar-refractivity contribution is 0.161. The SMILES string of the molecule is Oc1cc(-c2ncc3c(N4C[C@H]5CC[C@@H](C4)N5)nc(OCC4(CN5CCSCC5)CC4)nc3c2F)c2c(F)c(F)ccc2c1. The molecule has 2 N–H and O–H groups in total. The molecule has 1 aliphatic carbocycles. The number of hydrogen-bond acceptors (Lipinski definition) is 9. The van der Waals surface area contributed by atoms with Crippen molar-refractivity contribution in [3.05, 3.63) is 47.9 Å². The van der Waals surface area contributed by atoms with Crippen LogP contribution in [0.1, 0.15) is 25.7 Å². The molecule has 4 fully saturated rings. The number of thioether (sulfide) groups is 1. The second-order valence-corrected chi connectivity index (χ2v) is 13.9. The molecule has 1 saturated carbocycles. The van der Waals surface area contributed by atoms with Gasteiger partial charge in [-0.2, -0.15) is 21.7 Å². The van der Waals surface area contributed by atoms with Crippen LogP contribution in [0.5, 0.6) is 11.8 Å². The summed E-state index contributed by atoms with van der Waals surface area (Å²) in [6.07, 6.45) is 5.74. The first-order valence-electron chi connectivity index (χ1n) is 15.3. The molecule has 3 saturated heterocycles. The van der Waals surface area contributed by atoms with Gasteiger partial charge in [-0.05, 0) is 49.3 Å². The highest BCUT2D eigenvalue weighted by atomic mass is 32.2. The number of aromatic nitrogens is 3. The Morgan fingerprint density at radius 2 is 1.80 bits per heavy atom. The predicted octanol–water partition coefficient (Wildman–Crippen LogP) is 5.12. The van der Waals surface area contributed by atoms with Crippen molar-refractivity contribution in [1.29, 1.82) is 0 Å². The first kappa shape index (κ1) is 28.1. The Labute approximate surface area is 257 Å². The summed E-state index contributed by atoms with van der Waals surface area (Å²) >= 11 is 1.98. The smallest absolute Gasteiger partial charge is 0.319 e. The fourth-order valence-corrected chi connectivity index (χ4v) is 8.01. The van der Waals surface area contributed by atoms with Crippen molar-refractivity contribution in [2.75, 3.05) is 55.7 Å². The van der Waals surface area contributed by atoms with Gasteiger partial charge in [-0.25, -0.2) is 13.2 Å². The number of ether oxygens (including phenoxy) is 1. The molecular weight excluding hydrogens is 589 g/mol. The van der Waals surface area contributed by atoms with Gasteiger partial charge in [0.25, 0.3) is 0 Å². The third-order valence-corrected chi connectivity index (χ3v) is 10.5. The van der Waals surface area contributed by atoms with E-state index in [-0.39, 0.29) is 44.7 Å². The average molecular weight is 623 g/mol. The number of pyridine rings is 1. The molecule has 0 unspecified atom stereocenters. The maximum absolute atomic E-state index is 16.6. The van der Waals surface area contributed by atoms with E-state index in [0.717, 1.165) is 62.9 Å². The zero-order valence-electron chi connectivity index (χ0n) is 24.2. The molecule has 44 heavy (non-hydrogen) atoms. The van der Waals surface area contributed by atoms with E-state index in [4.69, 9.17) is 9.72 Å². The molecule has 4 aromatic rings. The molecule has 5 heterocycles. The van der Waals surface area contributed by atoms with E-state index >= 15 is 8.78 Å². The highest BCUT2D eigenvalue weighted by molar-refractivity contribution is 7.99. The number of nitrogens with one attached hydrogen (secondary N) is 1. The molecule has 3 aliphatic heterocycles. The summed E-state index contributed by atoms with van der Waals surface area (Å²) in [6.45, 7) is 4.97. The van der Waals surface area contributed by atoms with Crippen molar-refractivity contribution in [3.8, 4) is 23.0 Å². The summed E-state index contributed by atoms with van der Waals surface area (Å²) in [6, 6.07) is 5.55. The van der Waals surface area contributed by atoms with Crippen LogP contribution in [0.25, 0.3) is 32.9 Å². The largest absolute Gasteiger partial charge is 0.508 e. The van der Waals surface area contributed by atoms with Crippen LogP contribution in [-0.2, 0) is 0 Å². The van der Waals surface area contributed by atoms with Crippen LogP contribution in [0.4, 0.5) is 19.0 Å².